The van der Waals surface area contributed by atoms with Gasteiger partial charge in [0.1, 0.15) is 19.5 Å². The molecule has 18 rings (SSSR count). The highest BCUT2D eigenvalue weighted by Gasteiger charge is 2.45. The number of rotatable bonds is 14. The Hall–Kier alpha value is -9.99. The average Bonchev–Trinajstić information content (AvgIpc) is 1.62. The number of ether oxygens (including phenoxy) is 3. The smallest absolute Gasteiger partial charge is 0.410 e. The predicted molar refractivity (Wildman–Crippen MR) is 547 cm³/mol. The fourth-order valence-corrected chi connectivity index (χ4v) is 18.5. The van der Waals surface area contributed by atoms with E-state index >= 15 is 0 Å². The Morgan fingerprint density at radius 1 is 0.458 bits per heavy atom. The van der Waals surface area contributed by atoms with Crippen LogP contribution in [-0.2, 0) is 58.1 Å². The second-order valence-corrected chi connectivity index (χ2v) is 33.7. The number of hydrazine groups is 1. The largest absolute Gasteiger partial charge is 0.445 e. The topological polar surface area (TPSA) is 227 Å². The lowest BCUT2D eigenvalue weighted by Crippen LogP contribution is -2.48. The molecule has 10 aliphatic rings. The molecule has 714 valence electrons. The molecule has 7 fully saturated rings. The van der Waals surface area contributed by atoms with Crippen LogP contribution in [-0.4, -0.2) is 170 Å². The number of β-amino-alcohol motifs (C(OH)–C–C–N with tert-alkyl or cyclic N) is 1. The molecule has 19 nitrogen and oxygen atoms in total. The van der Waals surface area contributed by atoms with Gasteiger partial charge in [0, 0.05) is 124 Å². The first-order chi connectivity index (χ1) is 63.7. The zero-order valence-corrected chi connectivity index (χ0v) is 81.4. The minimum Gasteiger partial charge on any atom is -0.445 e. The van der Waals surface area contributed by atoms with Crippen LogP contribution in [0.3, 0.4) is 0 Å². The molecule has 7 N–H and O–H groups in total. The lowest BCUT2D eigenvalue weighted by molar-refractivity contribution is -0.128. The van der Waals surface area contributed by atoms with Gasteiger partial charge in [-0.1, -0.05) is 315 Å². The first kappa shape index (κ1) is 110. The first-order valence-electron chi connectivity index (χ1n) is 48.5. The summed E-state index contributed by atoms with van der Waals surface area (Å²) in [5.41, 5.74) is 16.2. The highest BCUT2D eigenvalue weighted by Crippen LogP contribution is 2.49. The summed E-state index contributed by atoms with van der Waals surface area (Å²) in [4.78, 5) is 69.1. The number of carbonyl (C=O) groups excluding carboxylic acids is 5. The fraction of sp³-hybridized carbons (Fsp3) is 0.482. The molecule has 2 atom stereocenters. The van der Waals surface area contributed by atoms with Crippen LogP contribution in [0.25, 0.3) is 12.2 Å². The number of halogens is 2. The molecule has 8 aromatic rings. The van der Waals surface area contributed by atoms with Crippen molar-refractivity contribution in [2.75, 3.05) is 120 Å². The zero-order valence-electron chi connectivity index (χ0n) is 79.9. The Labute approximate surface area is 796 Å². The van der Waals surface area contributed by atoms with E-state index in [-0.39, 0.29) is 60.2 Å². The number of hydrogen-bond donors (Lipinski definition) is 6. The van der Waals surface area contributed by atoms with Crippen LogP contribution < -0.4 is 27.2 Å². The van der Waals surface area contributed by atoms with Crippen LogP contribution in [0.1, 0.15) is 226 Å². The normalized spacial score (nSPS) is 18.0. The van der Waals surface area contributed by atoms with E-state index in [4.69, 9.17) is 43.3 Å². The Morgan fingerprint density at radius 3 is 1.29 bits per heavy atom. The number of aldehydes is 1. The maximum atomic E-state index is 12.5. The minimum absolute atomic E-state index is 0. The number of anilines is 4. The van der Waals surface area contributed by atoms with Crippen LogP contribution in [0.5, 0.6) is 0 Å². The van der Waals surface area contributed by atoms with Gasteiger partial charge in [-0.25, -0.2) is 9.59 Å². The molecular weight excluding hydrogens is 1680 g/mol. The van der Waals surface area contributed by atoms with Gasteiger partial charge in [-0.3, -0.25) is 15.4 Å². The van der Waals surface area contributed by atoms with Gasteiger partial charge in [-0.15, -0.1) is 0 Å². The van der Waals surface area contributed by atoms with Crippen LogP contribution in [0.15, 0.2) is 224 Å². The maximum absolute atomic E-state index is 12.5. The Balaban J connectivity index is 0.000000244. The summed E-state index contributed by atoms with van der Waals surface area (Å²) < 4.78 is 16.0. The maximum Gasteiger partial charge on any atom is 0.410 e. The molecule has 0 aromatic heterocycles. The molecular formula is C110H156Cl2N10O9. The molecule has 0 bridgehead atoms. The van der Waals surface area contributed by atoms with E-state index in [1.54, 1.807) is 28.7 Å². The number of piperidine rings is 5. The van der Waals surface area contributed by atoms with Crippen molar-refractivity contribution in [1.29, 1.82) is 0 Å². The number of para-hydroxylation sites is 4. The summed E-state index contributed by atoms with van der Waals surface area (Å²) >= 11 is 12.0. The number of nitrogen functional groups attached to an aromatic ring is 1. The third kappa shape index (κ3) is 33.3. The summed E-state index contributed by atoms with van der Waals surface area (Å²) in [5.74, 6) is 6.35. The van der Waals surface area contributed by atoms with Crippen LogP contribution >= 0.6 is 23.2 Å². The Bertz CT molecular complexity index is 4570. The molecule has 4 amide bonds. The molecule has 9 heterocycles. The molecule has 1 aliphatic carbocycles. The summed E-state index contributed by atoms with van der Waals surface area (Å²) in [6, 6.07) is 70.2. The number of benzene rings is 8. The summed E-state index contributed by atoms with van der Waals surface area (Å²) in [6.07, 6.45) is 24.3. The van der Waals surface area contributed by atoms with Gasteiger partial charge < -0.3 is 70.0 Å². The number of epoxide rings is 1. The Kier molecular flexibility index (Phi) is 50.5. The fourth-order valence-electron chi connectivity index (χ4n) is 18.1. The van der Waals surface area contributed by atoms with Crippen LogP contribution in [0.4, 0.5) is 32.3 Å². The quantitative estimate of drug-likeness (QED) is 0.0196. The van der Waals surface area contributed by atoms with Gasteiger partial charge in [0.05, 0.1) is 40.2 Å². The molecule has 1 saturated carbocycles. The third-order valence-corrected chi connectivity index (χ3v) is 26.1. The number of carbonyl (C=O) groups is 5. The SMILES string of the molecule is C.CC.CC.CC.CC.CC.CC.NNc1ccccc1Cl.O=C(/C=C/c1ccccc1)N1CCC(C(O)CN2CCC3(CC2)CNc2ccccc23)CC1.O=C(/C=C/c1ccccc1)N1CCC(C2CO2)CC1.O=C(OCc1ccccc1)N1CCC2(CC1)CNc1c(Cl)cccc12.O=CC1CCN(C(=O)OCc2ccccc2)CC1.c1ccc2c(c1)NCC21CCCCC1. The van der Waals surface area contributed by atoms with Crippen molar-refractivity contribution in [3.63, 3.8) is 0 Å². The number of aliphatic hydroxyl groups is 1. The molecule has 3 spiro atoms. The van der Waals surface area contributed by atoms with E-state index in [2.05, 4.69) is 80.9 Å². The van der Waals surface area contributed by atoms with Gasteiger partial charge in [-0.05, 0) is 183 Å². The molecule has 2 unspecified atom stereocenters. The summed E-state index contributed by atoms with van der Waals surface area (Å²) in [6.45, 7) is 37.3. The van der Waals surface area contributed by atoms with E-state index in [1.165, 1.54) is 61.2 Å². The standard InChI is InChI=1S/C28H35N3O2.C20H21ClN2O2.C16H19NO2.C14H17NO3.C13H17N.C6H7ClN2.6C2H6.CH4/c32-26(20-30-18-14-28(15-19-30)21-29-25-9-5-4-8-24(25)28)23-12-16-31(17-13-23)27(33)11-10-22-6-2-1-3-7-22;21-17-8-4-7-16-18(17)22-14-20(16)9-11-23(12-10-20)19(24)25-13-15-5-2-1-3-6-15;18-16(7-6-13-4-2-1-3-5-13)17-10-8-14(9-11-17)15-12-19-15;16-10-12-6-8-15(9-7-12)14(17)18-11-13-4-2-1-3-5-13;1-4-8-13(9-5-1)10-14-12-7-3-2-6-11(12)13;7-5-3-1-2-4-6(5)9-8;6*1-2;/h1-11,23,26,29,32H,12-21H2;1-8,22H,9-14H2;1-7,14-15H,8-12H2;1-5,10,12H,6-9,11H2;2-3,6-7,14H,1,4-5,8-10H2;1-4,9H,8H2;6*1-2H3;1H4/b11-10+;;7-6+;;;;;;;;;;. The van der Waals surface area contributed by atoms with Crippen LogP contribution in [0, 0.1) is 17.8 Å². The summed E-state index contributed by atoms with van der Waals surface area (Å²) in [5, 5.41) is 23.0. The highest BCUT2D eigenvalue weighted by molar-refractivity contribution is 6.33. The van der Waals surface area contributed by atoms with E-state index < -0.39 is 0 Å². The number of aliphatic hydroxyl groups excluding tert-OH is 1. The van der Waals surface area contributed by atoms with Crippen molar-refractivity contribution in [1.82, 2.24) is 24.5 Å². The van der Waals surface area contributed by atoms with Crippen molar-refractivity contribution in [2.24, 2.45) is 23.6 Å². The predicted octanol–water partition coefficient (Wildman–Crippen LogP) is 24.5. The monoisotopic (exact) mass is 1830 g/mol. The van der Waals surface area contributed by atoms with Crippen molar-refractivity contribution in [3.8, 4) is 0 Å². The van der Waals surface area contributed by atoms with E-state index in [0.29, 0.717) is 61.9 Å². The average molecular weight is 1830 g/mol. The number of likely N-dealkylation sites (tertiary alicyclic amines) is 5. The van der Waals surface area contributed by atoms with E-state index in [1.807, 2.05) is 262 Å². The van der Waals surface area contributed by atoms with Gasteiger partial charge in [0.2, 0.25) is 11.8 Å². The van der Waals surface area contributed by atoms with Crippen molar-refractivity contribution >= 4 is 88.4 Å². The zero-order chi connectivity index (χ0) is 93.9. The van der Waals surface area contributed by atoms with Crippen molar-refractivity contribution in [3.05, 3.63) is 273 Å². The van der Waals surface area contributed by atoms with Gasteiger partial charge in [-0.2, -0.15) is 0 Å². The highest BCUT2D eigenvalue weighted by atomic mass is 35.5. The van der Waals surface area contributed by atoms with E-state index in [9.17, 15) is 29.1 Å². The third-order valence-electron chi connectivity index (χ3n) is 25.5. The van der Waals surface area contributed by atoms with E-state index in [0.717, 1.165) is 175 Å². The second-order valence-electron chi connectivity index (χ2n) is 32.9. The molecule has 131 heavy (non-hydrogen) atoms. The lowest BCUT2D eigenvalue weighted by atomic mass is 9.71. The molecule has 6 saturated heterocycles. The molecule has 8 aromatic carbocycles. The number of fused-ring (bicyclic) bond motifs is 6. The number of nitrogens with two attached hydrogens (primary N) is 1. The Morgan fingerprint density at radius 2 is 0.840 bits per heavy atom. The number of amides is 4. The number of nitrogens with zero attached hydrogens (tertiary/aromatic N) is 5. The minimum atomic E-state index is -0.315. The summed E-state index contributed by atoms with van der Waals surface area (Å²) in [7, 11) is 0. The number of nitrogens with one attached hydrogen (secondary N) is 4. The molecule has 21 heteroatoms. The van der Waals surface area contributed by atoms with Crippen molar-refractivity contribution in [2.45, 2.75) is 228 Å². The van der Waals surface area contributed by atoms with Crippen LogP contribution in [0.2, 0.25) is 10.0 Å². The van der Waals surface area contributed by atoms with Gasteiger partial charge in [0.15, 0.2) is 0 Å². The second kappa shape index (κ2) is 60.2. The van der Waals surface area contributed by atoms with Crippen molar-refractivity contribution < 1.29 is 43.3 Å². The molecule has 0 radical (unpaired) electrons. The number of hydrogen-bond acceptors (Lipinski definition) is 15. The first-order valence-corrected chi connectivity index (χ1v) is 49.3. The lowest BCUT2D eigenvalue weighted by Gasteiger charge is -2.41. The van der Waals surface area contributed by atoms with Gasteiger partial charge >= 0.3 is 12.2 Å². The van der Waals surface area contributed by atoms with Gasteiger partial charge in [0.25, 0.3) is 0 Å². The molecule has 9 aliphatic heterocycles.